The van der Waals surface area contributed by atoms with Gasteiger partial charge in [0, 0.05) is 45.3 Å². The first-order chi connectivity index (χ1) is 8.66. The molecular weight excluding hydrogens is 226 g/mol. The van der Waals surface area contributed by atoms with Crippen molar-refractivity contribution in [2.24, 2.45) is 0 Å². The van der Waals surface area contributed by atoms with Crippen LogP contribution in [0, 0.1) is 0 Å². The molecule has 0 unspecified atom stereocenters. The van der Waals surface area contributed by atoms with Crippen molar-refractivity contribution in [3.63, 3.8) is 0 Å². The summed E-state index contributed by atoms with van der Waals surface area (Å²) in [7, 11) is 0. The maximum atomic E-state index is 11.4. The summed E-state index contributed by atoms with van der Waals surface area (Å²) < 4.78 is 0. The molecule has 1 aliphatic rings. The lowest BCUT2D eigenvalue weighted by Crippen LogP contribution is -2.33. The van der Waals surface area contributed by atoms with Crippen LogP contribution in [0.1, 0.15) is 18.9 Å². The van der Waals surface area contributed by atoms with Crippen molar-refractivity contribution in [1.29, 1.82) is 0 Å². The van der Waals surface area contributed by atoms with E-state index in [2.05, 4.69) is 11.0 Å². The number of nitrogens with two attached hydrogens (primary N) is 1. The Kier molecular flexibility index (Phi) is 4.20. The van der Waals surface area contributed by atoms with Gasteiger partial charge in [0.2, 0.25) is 5.91 Å². The molecule has 2 N–H and O–H groups in total. The Hall–Kier alpha value is -1.55. The normalized spacial score (nSPS) is 17.5. The topological polar surface area (TPSA) is 49.6 Å². The van der Waals surface area contributed by atoms with Gasteiger partial charge in [-0.05, 0) is 18.1 Å². The first kappa shape index (κ1) is 12.9. The SMILES string of the molecule is CC(=O)N1CCCN(Cc2ccccc2N)CC1. The van der Waals surface area contributed by atoms with Crippen molar-refractivity contribution in [2.45, 2.75) is 19.9 Å². The number of hydrogen-bond acceptors (Lipinski definition) is 3. The second-order valence-corrected chi connectivity index (χ2v) is 4.83. The Morgan fingerprint density at radius 3 is 2.72 bits per heavy atom. The zero-order chi connectivity index (χ0) is 13.0. The molecule has 0 radical (unpaired) electrons. The van der Waals surface area contributed by atoms with Crippen LogP contribution in [0.5, 0.6) is 0 Å². The summed E-state index contributed by atoms with van der Waals surface area (Å²) in [5, 5.41) is 0. The summed E-state index contributed by atoms with van der Waals surface area (Å²) in [6, 6.07) is 7.99. The average molecular weight is 247 g/mol. The molecule has 1 aromatic carbocycles. The van der Waals surface area contributed by atoms with E-state index >= 15 is 0 Å². The van der Waals surface area contributed by atoms with Crippen molar-refractivity contribution >= 4 is 11.6 Å². The Balaban J connectivity index is 1.95. The van der Waals surface area contributed by atoms with Crippen LogP contribution in [0.2, 0.25) is 0 Å². The number of anilines is 1. The quantitative estimate of drug-likeness (QED) is 0.802. The molecule has 4 heteroatoms. The van der Waals surface area contributed by atoms with Gasteiger partial charge in [0.05, 0.1) is 0 Å². The molecule has 0 spiro atoms. The second kappa shape index (κ2) is 5.87. The van der Waals surface area contributed by atoms with E-state index in [-0.39, 0.29) is 5.91 Å². The van der Waals surface area contributed by atoms with Crippen LogP contribution in [0.25, 0.3) is 0 Å². The first-order valence-corrected chi connectivity index (χ1v) is 6.48. The van der Waals surface area contributed by atoms with E-state index in [1.807, 2.05) is 23.1 Å². The van der Waals surface area contributed by atoms with Crippen LogP contribution in [0.4, 0.5) is 5.69 Å². The lowest BCUT2D eigenvalue weighted by molar-refractivity contribution is -0.128. The molecule has 1 aromatic rings. The Bertz CT molecular complexity index is 419. The molecule has 0 aliphatic carbocycles. The summed E-state index contributed by atoms with van der Waals surface area (Å²) in [6.07, 6.45) is 1.03. The van der Waals surface area contributed by atoms with Crippen LogP contribution >= 0.6 is 0 Å². The first-order valence-electron chi connectivity index (χ1n) is 6.48. The fourth-order valence-electron chi connectivity index (χ4n) is 2.36. The van der Waals surface area contributed by atoms with E-state index in [0.717, 1.165) is 44.8 Å². The molecular formula is C14H21N3O. The van der Waals surface area contributed by atoms with E-state index in [1.165, 1.54) is 5.56 Å². The van der Waals surface area contributed by atoms with E-state index in [4.69, 9.17) is 5.73 Å². The van der Waals surface area contributed by atoms with Crippen molar-refractivity contribution in [1.82, 2.24) is 9.80 Å². The highest BCUT2D eigenvalue weighted by molar-refractivity contribution is 5.73. The molecule has 4 nitrogen and oxygen atoms in total. The minimum Gasteiger partial charge on any atom is -0.398 e. The number of nitrogen functional groups attached to an aromatic ring is 1. The maximum Gasteiger partial charge on any atom is 0.219 e. The van der Waals surface area contributed by atoms with E-state index < -0.39 is 0 Å². The van der Waals surface area contributed by atoms with Crippen molar-refractivity contribution in [3.05, 3.63) is 29.8 Å². The second-order valence-electron chi connectivity index (χ2n) is 4.83. The number of benzene rings is 1. The van der Waals surface area contributed by atoms with Crippen molar-refractivity contribution < 1.29 is 4.79 Å². The van der Waals surface area contributed by atoms with Gasteiger partial charge >= 0.3 is 0 Å². The zero-order valence-electron chi connectivity index (χ0n) is 10.9. The number of hydrogen-bond donors (Lipinski definition) is 1. The predicted molar refractivity (Wildman–Crippen MR) is 73.0 cm³/mol. The van der Waals surface area contributed by atoms with Gasteiger partial charge in [-0.1, -0.05) is 18.2 Å². The van der Waals surface area contributed by atoms with E-state index in [1.54, 1.807) is 6.92 Å². The van der Waals surface area contributed by atoms with Crippen LogP contribution in [0.3, 0.4) is 0 Å². The molecule has 2 rings (SSSR count). The number of amides is 1. The molecule has 1 amide bonds. The third-order valence-corrected chi connectivity index (χ3v) is 3.48. The molecule has 0 aromatic heterocycles. The van der Waals surface area contributed by atoms with Gasteiger partial charge in [0.15, 0.2) is 0 Å². The van der Waals surface area contributed by atoms with E-state index in [0.29, 0.717) is 0 Å². The number of carbonyl (C=O) groups excluding carboxylic acids is 1. The minimum absolute atomic E-state index is 0.177. The van der Waals surface area contributed by atoms with Crippen LogP contribution < -0.4 is 5.73 Å². The third kappa shape index (κ3) is 3.23. The molecule has 0 atom stereocenters. The number of carbonyl (C=O) groups is 1. The number of para-hydroxylation sites is 1. The van der Waals surface area contributed by atoms with Crippen LogP contribution in [-0.2, 0) is 11.3 Å². The monoisotopic (exact) mass is 247 g/mol. The van der Waals surface area contributed by atoms with Crippen molar-refractivity contribution in [2.75, 3.05) is 31.9 Å². The minimum atomic E-state index is 0.177. The van der Waals surface area contributed by atoms with Crippen LogP contribution in [0.15, 0.2) is 24.3 Å². The molecule has 0 bridgehead atoms. The van der Waals surface area contributed by atoms with Gasteiger partial charge in [-0.3, -0.25) is 9.69 Å². The highest BCUT2D eigenvalue weighted by Crippen LogP contribution is 2.14. The van der Waals surface area contributed by atoms with Gasteiger partial charge in [-0.25, -0.2) is 0 Å². The Morgan fingerprint density at radius 1 is 1.22 bits per heavy atom. The standard InChI is InChI=1S/C14H21N3O/c1-12(18)17-8-4-7-16(9-10-17)11-13-5-2-3-6-14(13)15/h2-3,5-6H,4,7-11,15H2,1H3. The summed E-state index contributed by atoms with van der Waals surface area (Å²) in [5.41, 5.74) is 7.99. The van der Waals surface area contributed by atoms with Crippen molar-refractivity contribution in [3.8, 4) is 0 Å². The molecule has 1 heterocycles. The highest BCUT2D eigenvalue weighted by Gasteiger charge is 2.16. The summed E-state index contributed by atoms with van der Waals surface area (Å²) in [5.74, 6) is 0.177. The lowest BCUT2D eigenvalue weighted by Gasteiger charge is -2.21. The fraction of sp³-hybridized carbons (Fsp3) is 0.500. The molecule has 1 fully saturated rings. The molecule has 1 saturated heterocycles. The van der Waals surface area contributed by atoms with E-state index in [9.17, 15) is 4.79 Å². The number of rotatable bonds is 2. The molecule has 18 heavy (non-hydrogen) atoms. The molecule has 0 saturated carbocycles. The van der Waals surface area contributed by atoms with Gasteiger partial charge in [0.1, 0.15) is 0 Å². The molecule has 98 valence electrons. The summed E-state index contributed by atoms with van der Waals surface area (Å²) in [4.78, 5) is 15.7. The lowest BCUT2D eigenvalue weighted by atomic mass is 10.1. The Morgan fingerprint density at radius 2 is 2.00 bits per heavy atom. The highest BCUT2D eigenvalue weighted by atomic mass is 16.2. The molecule has 1 aliphatic heterocycles. The van der Waals surface area contributed by atoms with Gasteiger partial charge in [-0.2, -0.15) is 0 Å². The average Bonchev–Trinajstić information content (AvgIpc) is 2.58. The maximum absolute atomic E-state index is 11.4. The number of nitrogens with zero attached hydrogens (tertiary/aromatic N) is 2. The predicted octanol–water partition coefficient (Wildman–Crippen LogP) is 1.32. The smallest absolute Gasteiger partial charge is 0.219 e. The zero-order valence-corrected chi connectivity index (χ0v) is 10.9. The summed E-state index contributed by atoms with van der Waals surface area (Å²) in [6.45, 7) is 6.16. The largest absolute Gasteiger partial charge is 0.398 e. The van der Waals surface area contributed by atoms with Gasteiger partial charge in [0.25, 0.3) is 0 Å². The summed E-state index contributed by atoms with van der Waals surface area (Å²) >= 11 is 0. The Labute approximate surface area is 108 Å². The fourth-order valence-corrected chi connectivity index (χ4v) is 2.36. The van der Waals surface area contributed by atoms with Gasteiger partial charge in [-0.15, -0.1) is 0 Å². The third-order valence-electron chi connectivity index (χ3n) is 3.48. The van der Waals surface area contributed by atoms with Gasteiger partial charge < -0.3 is 10.6 Å². The van der Waals surface area contributed by atoms with Crippen LogP contribution in [-0.4, -0.2) is 41.9 Å².